The minimum Gasteiger partial charge on any atom is -0.356 e. The number of nitrogens with zero attached hydrogens (tertiary/aromatic N) is 3. The summed E-state index contributed by atoms with van der Waals surface area (Å²) in [5.41, 5.74) is 2.69. The Morgan fingerprint density at radius 3 is 2.70 bits per heavy atom. The Bertz CT molecular complexity index is 564. The standard InChI is InChI=1S/C18H28N4O/c1-13-20-17-6-4-3-5-16(17)18(21-13)22-11-8-15(9-12-22)7-10-19-14(2)23/h15H,3-12H2,1-2H3,(H,19,23). The summed E-state index contributed by atoms with van der Waals surface area (Å²) in [5.74, 6) is 2.91. The Labute approximate surface area is 138 Å². The molecule has 2 aliphatic rings. The van der Waals surface area contributed by atoms with Gasteiger partial charge in [-0.25, -0.2) is 9.97 Å². The number of anilines is 1. The van der Waals surface area contributed by atoms with Crippen molar-refractivity contribution in [3.8, 4) is 0 Å². The average Bonchev–Trinajstić information content (AvgIpc) is 2.54. The van der Waals surface area contributed by atoms with Crippen LogP contribution in [0.15, 0.2) is 0 Å². The summed E-state index contributed by atoms with van der Waals surface area (Å²) in [4.78, 5) is 22.9. The highest BCUT2D eigenvalue weighted by Crippen LogP contribution is 2.31. The number of nitrogens with one attached hydrogen (secondary N) is 1. The summed E-state index contributed by atoms with van der Waals surface area (Å²) in [7, 11) is 0. The minimum absolute atomic E-state index is 0.0746. The van der Waals surface area contributed by atoms with Crippen molar-refractivity contribution in [2.24, 2.45) is 5.92 Å². The first-order chi connectivity index (χ1) is 11.1. The lowest BCUT2D eigenvalue weighted by atomic mass is 9.92. The van der Waals surface area contributed by atoms with E-state index in [-0.39, 0.29) is 5.91 Å². The van der Waals surface area contributed by atoms with Gasteiger partial charge in [0.1, 0.15) is 11.6 Å². The molecular formula is C18H28N4O. The summed E-state index contributed by atoms with van der Waals surface area (Å²) in [6.45, 7) is 6.56. The summed E-state index contributed by atoms with van der Waals surface area (Å²) in [6, 6.07) is 0. The molecule has 5 nitrogen and oxygen atoms in total. The number of hydrogen-bond donors (Lipinski definition) is 1. The first-order valence-electron chi connectivity index (χ1n) is 8.99. The number of amides is 1. The quantitative estimate of drug-likeness (QED) is 0.927. The van der Waals surface area contributed by atoms with Crippen LogP contribution in [0.25, 0.3) is 0 Å². The van der Waals surface area contributed by atoms with Gasteiger partial charge in [0, 0.05) is 37.8 Å². The van der Waals surface area contributed by atoms with Gasteiger partial charge in [-0.05, 0) is 57.8 Å². The maximum absolute atomic E-state index is 11.0. The zero-order chi connectivity index (χ0) is 16.2. The van der Waals surface area contributed by atoms with E-state index in [0.717, 1.165) is 50.6 Å². The Morgan fingerprint density at radius 2 is 1.96 bits per heavy atom. The molecule has 1 aliphatic heterocycles. The summed E-state index contributed by atoms with van der Waals surface area (Å²) >= 11 is 0. The van der Waals surface area contributed by atoms with Crippen molar-refractivity contribution in [3.63, 3.8) is 0 Å². The number of rotatable bonds is 4. The minimum atomic E-state index is 0.0746. The van der Waals surface area contributed by atoms with Crippen LogP contribution in [0.2, 0.25) is 0 Å². The Kier molecular flexibility index (Phi) is 5.13. The molecule has 1 aromatic heterocycles. The van der Waals surface area contributed by atoms with Gasteiger partial charge in [0.15, 0.2) is 0 Å². The van der Waals surface area contributed by atoms with Gasteiger partial charge in [-0.3, -0.25) is 4.79 Å². The zero-order valence-corrected chi connectivity index (χ0v) is 14.4. The topological polar surface area (TPSA) is 58.1 Å². The van der Waals surface area contributed by atoms with Crippen LogP contribution in [0.4, 0.5) is 5.82 Å². The molecule has 2 heterocycles. The molecule has 0 aromatic carbocycles. The van der Waals surface area contributed by atoms with Crippen molar-refractivity contribution in [1.82, 2.24) is 15.3 Å². The monoisotopic (exact) mass is 316 g/mol. The predicted molar refractivity (Wildman–Crippen MR) is 91.6 cm³/mol. The molecule has 1 aliphatic carbocycles. The van der Waals surface area contributed by atoms with Crippen LogP contribution in [-0.4, -0.2) is 35.5 Å². The fraction of sp³-hybridized carbons (Fsp3) is 0.722. The van der Waals surface area contributed by atoms with Gasteiger partial charge in [0.25, 0.3) is 0 Å². The third-order valence-corrected chi connectivity index (χ3v) is 5.11. The molecule has 126 valence electrons. The molecule has 23 heavy (non-hydrogen) atoms. The molecule has 0 spiro atoms. The van der Waals surface area contributed by atoms with Gasteiger partial charge < -0.3 is 10.2 Å². The number of carbonyl (C=O) groups is 1. The van der Waals surface area contributed by atoms with Crippen LogP contribution < -0.4 is 10.2 Å². The van der Waals surface area contributed by atoms with E-state index in [1.807, 2.05) is 6.92 Å². The number of carbonyl (C=O) groups excluding carboxylic acids is 1. The highest BCUT2D eigenvalue weighted by molar-refractivity contribution is 5.72. The van der Waals surface area contributed by atoms with E-state index in [0.29, 0.717) is 0 Å². The molecule has 1 aromatic rings. The molecule has 1 amide bonds. The fourth-order valence-corrected chi connectivity index (χ4v) is 3.84. The summed E-state index contributed by atoms with van der Waals surface area (Å²) in [5, 5.41) is 2.91. The Morgan fingerprint density at radius 1 is 1.22 bits per heavy atom. The molecule has 0 saturated carbocycles. The van der Waals surface area contributed by atoms with Crippen LogP contribution in [0.1, 0.15) is 56.1 Å². The smallest absolute Gasteiger partial charge is 0.216 e. The van der Waals surface area contributed by atoms with Gasteiger partial charge >= 0.3 is 0 Å². The molecule has 1 fully saturated rings. The first kappa shape index (κ1) is 16.2. The van der Waals surface area contributed by atoms with Crippen molar-refractivity contribution in [3.05, 3.63) is 17.1 Å². The van der Waals surface area contributed by atoms with Crippen molar-refractivity contribution in [2.45, 2.75) is 58.8 Å². The van der Waals surface area contributed by atoms with Crippen molar-refractivity contribution < 1.29 is 4.79 Å². The summed E-state index contributed by atoms with van der Waals surface area (Å²) in [6.07, 6.45) is 8.24. The van der Waals surface area contributed by atoms with Crippen LogP contribution >= 0.6 is 0 Å². The third-order valence-electron chi connectivity index (χ3n) is 5.11. The highest BCUT2D eigenvalue weighted by Gasteiger charge is 2.25. The van der Waals surface area contributed by atoms with E-state index >= 15 is 0 Å². The maximum Gasteiger partial charge on any atom is 0.216 e. The van der Waals surface area contributed by atoms with Gasteiger partial charge in [-0.2, -0.15) is 0 Å². The van der Waals surface area contributed by atoms with Gasteiger partial charge in [0.2, 0.25) is 5.91 Å². The molecule has 1 saturated heterocycles. The highest BCUT2D eigenvalue weighted by atomic mass is 16.1. The van der Waals surface area contributed by atoms with E-state index in [1.54, 1.807) is 6.92 Å². The van der Waals surface area contributed by atoms with E-state index in [1.165, 1.54) is 42.8 Å². The molecule has 0 bridgehead atoms. The second-order valence-electron chi connectivity index (χ2n) is 6.93. The van der Waals surface area contributed by atoms with Crippen molar-refractivity contribution in [2.75, 3.05) is 24.5 Å². The Hall–Kier alpha value is -1.65. The molecule has 0 atom stereocenters. The largest absolute Gasteiger partial charge is 0.356 e. The molecule has 0 unspecified atom stereocenters. The zero-order valence-electron chi connectivity index (χ0n) is 14.4. The summed E-state index contributed by atoms with van der Waals surface area (Å²) < 4.78 is 0. The van der Waals surface area contributed by atoms with Crippen LogP contribution in [0.5, 0.6) is 0 Å². The lowest BCUT2D eigenvalue weighted by molar-refractivity contribution is -0.119. The number of piperidine rings is 1. The molecule has 0 radical (unpaired) electrons. The van der Waals surface area contributed by atoms with E-state index in [4.69, 9.17) is 4.98 Å². The lowest BCUT2D eigenvalue weighted by Gasteiger charge is -2.35. The fourth-order valence-electron chi connectivity index (χ4n) is 3.84. The van der Waals surface area contributed by atoms with Gasteiger partial charge in [-0.1, -0.05) is 0 Å². The number of fused-ring (bicyclic) bond motifs is 1. The van der Waals surface area contributed by atoms with E-state index < -0.39 is 0 Å². The third kappa shape index (κ3) is 4.01. The van der Waals surface area contributed by atoms with E-state index in [2.05, 4.69) is 15.2 Å². The normalized spacial score (nSPS) is 18.6. The number of aryl methyl sites for hydroxylation is 2. The lowest BCUT2D eigenvalue weighted by Crippen LogP contribution is -2.36. The first-order valence-corrected chi connectivity index (χ1v) is 8.99. The number of aromatic nitrogens is 2. The second kappa shape index (κ2) is 7.28. The molecular weight excluding hydrogens is 288 g/mol. The van der Waals surface area contributed by atoms with Crippen LogP contribution in [0.3, 0.4) is 0 Å². The van der Waals surface area contributed by atoms with Crippen molar-refractivity contribution in [1.29, 1.82) is 0 Å². The van der Waals surface area contributed by atoms with Crippen LogP contribution in [0, 0.1) is 12.8 Å². The maximum atomic E-state index is 11.0. The average molecular weight is 316 g/mol. The predicted octanol–water partition coefficient (Wildman–Crippen LogP) is 2.41. The Balaban J connectivity index is 1.62. The van der Waals surface area contributed by atoms with Gasteiger partial charge in [-0.15, -0.1) is 0 Å². The SMILES string of the molecule is CC(=O)NCCC1CCN(c2nc(C)nc3c2CCCC3)CC1. The van der Waals surface area contributed by atoms with Gasteiger partial charge in [0.05, 0.1) is 0 Å². The molecule has 1 N–H and O–H groups in total. The molecule has 3 rings (SSSR count). The van der Waals surface area contributed by atoms with Crippen LogP contribution in [-0.2, 0) is 17.6 Å². The van der Waals surface area contributed by atoms with Crippen molar-refractivity contribution >= 4 is 11.7 Å². The van der Waals surface area contributed by atoms with E-state index in [9.17, 15) is 4.79 Å². The molecule has 5 heteroatoms. The second-order valence-corrected chi connectivity index (χ2v) is 6.93. The number of hydrogen-bond acceptors (Lipinski definition) is 4.